The average molecular weight is 303 g/mol. The van der Waals surface area contributed by atoms with E-state index in [4.69, 9.17) is 14.3 Å². The number of benzene rings is 1. The number of para-hydroxylation sites is 1. The van der Waals surface area contributed by atoms with E-state index in [1.165, 1.54) is 18.2 Å². The van der Waals surface area contributed by atoms with E-state index in [9.17, 15) is 9.59 Å². The number of aliphatic carboxylic acids is 1. The van der Waals surface area contributed by atoms with Gasteiger partial charge < -0.3 is 19.2 Å². The Bertz CT molecular complexity index is 635. The summed E-state index contributed by atoms with van der Waals surface area (Å²) < 4.78 is 10.8. The Labute approximate surface area is 127 Å². The molecule has 0 bridgehead atoms. The predicted octanol–water partition coefficient (Wildman–Crippen LogP) is 2.41. The molecule has 1 aromatic carbocycles. The number of amides is 1. The maximum Gasteiger partial charge on any atom is 0.305 e. The second-order valence-electron chi connectivity index (χ2n) is 4.75. The van der Waals surface area contributed by atoms with Gasteiger partial charge in [-0.05, 0) is 18.2 Å². The first-order chi connectivity index (χ1) is 10.6. The summed E-state index contributed by atoms with van der Waals surface area (Å²) in [5.41, 5.74) is 0.621. The van der Waals surface area contributed by atoms with Crippen molar-refractivity contribution in [3.8, 4) is 5.75 Å². The number of furan rings is 1. The van der Waals surface area contributed by atoms with Gasteiger partial charge in [0, 0.05) is 19.2 Å². The second kappa shape index (κ2) is 7.31. The van der Waals surface area contributed by atoms with E-state index in [1.54, 1.807) is 6.07 Å². The van der Waals surface area contributed by atoms with Gasteiger partial charge in [-0.15, -0.1) is 0 Å². The van der Waals surface area contributed by atoms with Crippen molar-refractivity contribution in [2.24, 2.45) is 0 Å². The highest BCUT2D eigenvalue weighted by molar-refractivity contribution is 5.92. The zero-order chi connectivity index (χ0) is 15.9. The monoisotopic (exact) mass is 303 g/mol. The van der Waals surface area contributed by atoms with Crippen LogP contribution in [-0.4, -0.2) is 35.5 Å². The van der Waals surface area contributed by atoms with Crippen LogP contribution in [0.3, 0.4) is 0 Å². The fourth-order valence-electron chi connectivity index (χ4n) is 1.85. The molecule has 1 N–H and O–H groups in total. The van der Waals surface area contributed by atoms with Crippen LogP contribution in [-0.2, 0) is 11.4 Å². The topological polar surface area (TPSA) is 80.0 Å². The van der Waals surface area contributed by atoms with Crippen molar-refractivity contribution in [3.63, 3.8) is 0 Å². The third-order valence-electron chi connectivity index (χ3n) is 3.09. The Morgan fingerprint density at radius 3 is 2.64 bits per heavy atom. The fourth-order valence-corrected chi connectivity index (χ4v) is 1.85. The standard InChI is InChI=1S/C16H17NO5/c1-17(9-7-14(18)19)16(20)15-12(8-10-21-15)11-22-13-5-3-2-4-6-13/h2-6,8,10H,7,9,11H2,1H3,(H,18,19). The molecule has 0 radical (unpaired) electrons. The number of nitrogens with zero attached hydrogens (tertiary/aromatic N) is 1. The van der Waals surface area contributed by atoms with E-state index in [0.717, 1.165) is 0 Å². The number of rotatable bonds is 7. The summed E-state index contributed by atoms with van der Waals surface area (Å²) >= 11 is 0. The average Bonchev–Trinajstić information content (AvgIpc) is 2.99. The lowest BCUT2D eigenvalue weighted by molar-refractivity contribution is -0.137. The quantitative estimate of drug-likeness (QED) is 0.849. The van der Waals surface area contributed by atoms with Crippen LogP contribution < -0.4 is 4.74 Å². The first kappa shape index (κ1) is 15.6. The molecule has 116 valence electrons. The summed E-state index contributed by atoms with van der Waals surface area (Å²) in [6, 6.07) is 10.9. The number of carboxylic acid groups (broad SMARTS) is 1. The molecule has 6 heteroatoms. The van der Waals surface area contributed by atoms with Crippen molar-refractivity contribution in [1.29, 1.82) is 0 Å². The third kappa shape index (κ3) is 4.12. The van der Waals surface area contributed by atoms with Crippen molar-refractivity contribution in [2.75, 3.05) is 13.6 Å². The zero-order valence-electron chi connectivity index (χ0n) is 12.2. The molecule has 2 aromatic rings. The van der Waals surface area contributed by atoms with Gasteiger partial charge in [0.15, 0.2) is 5.76 Å². The summed E-state index contributed by atoms with van der Waals surface area (Å²) in [6.07, 6.45) is 1.31. The maximum atomic E-state index is 12.2. The fraction of sp³-hybridized carbons (Fsp3) is 0.250. The molecule has 0 aliphatic heterocycles. The molecular weight excluding hydrogens is 286 g/mol. The lowest BCUT2D eigenvalue weighted by Crippen LogP contribution is -2.29. The van der Waals surface area contributed by atoms with Gasteiger partial charge in [-0.1, -0.05) is 18.2 Å². The van der Waals surface area contributed by atoms with E-state index in [1.807, 2.05) is 30.3 Å². The third-order valence-corrected chi connectivity index (χ3v) is 3.09. The van der Waals surface area contributed by atoms with Crippen LogP contribution in [0, 0.1) is 0 Å². The van der Waals surface area contributed by atoms with Gasteiger partial charge in [-0.25, -0.2) is 0 Å². The second-order valence-corrected chi connectivity index (χ2v) is 4.75. The lowest BCUT2D eigenvalue weighted by Gasteiger charge is -2.15. The van der Waals surface area contributed by atoms with Crippen LogP contribution in [0.1, 0.15) is 22.5 Å². The van der Waals surface area contributed by atoms with Crippen molar-refractivity contribution in [3.05, 3.63) is 54.0 Å². The van der Waals surface area contributed by atoms with E-state index in [0.29, 0.717) is 11.3 Å². The molecule has 2 rings (SSSR count). The van der Waals surface area contributed by atoms with Gasteiger partial charge in [-0.2, -0.15) is 0 Å². The molecule has 0 aliphatic rings. The van der Waals surface area contributed by atoms with E-state index in [2.05, 4.69) is 0 Å². The highest BCUT2D eigenvalue weighted by atomic mass is 16.5. The number of carbonyl (C=O) groups is 2. The Balaban J connectivity index is 1.99. The van der Waals surface area contributed by atoms with Gasteiger partial charge in [0.25, 0.3) is 5.91 Å². The van der Waals surface area contributed by atoms with Crippen LogP contribution in [0.5, 0.6) is 5.75 Å². The molecule has 0 spiro atoms. The summed E-state index contributed by atoms with van der Waals surface area (Å²) in [5.74, 6) is -0.449. The lowest BCUT2D eigenvalue weighted by atomic mass is 10.2. The SMILES string of the molecule is CN(CCC(=O)O)C(=O)c1occc1COc1ccccc1. The molecule has 6 nitrogen and oxygen atoms in total. The molecule has 22 heavy (non-hydrogen) atoms. The summed E-state index contributed by atoms with van der Waals surface area (Å²) in [6.45, 7) is 0.322. The molecular formula is C16H17NO5. The van der Waals surface area contributed by atoms with Crippen molar-refractivity contribution >= 4 is 11.9 Å². The normalized spacial score (nSPS) is 10.2. The maximum absolute atomic E-state index is 12.2. The number of carbonyl (C=O) groups excluding carboxylic acids is 1. The highest BCUT2D eigenvalue weighted by Crippen LogP contribution is 2.17. The minimum absolute atomic E-state index is 0.112. The summed E-state index contributed by atoms with van der Waals surface area (Å²) in [4.78, 5) is 24.1. The molecule has 0 fully saturated rings. The summed E-state index contributed by atoms with van der Waals surface area (Å²) in [7, 11) is 1.54. The van der Waals surface area contributed by atoms with E-state index < -0.39 is 5.97 Å². The van der Waals surface area contributed by atoms with Gasteiger partial charge in [0.05, 0.1) is 12.7 Å². The molecule has 0 aliphatic carbocycles. The van der Waals surface area contributed by atoms with Gasteiger partial charge in [0.2, 0.25) is 0 Å². The molecule has 0 saturated heterocycles. The highest BCUT2D eigenvalue weighted by Gasteiger charge is 2.20. The largest absolute Gasteiger partial charge is 0.489 e. The van der Waals surface area contributed by atoms with Crippen molar-refractivity contribution < 1.29 is 23.8 Å². The molecule has 0 unspecified atom stereocenters. The minimum atomic E-state index is -0.952. The van der Waals surface area contributed by atoms with E-state index >= 15 is 0 Å². The first-order valence-corrected chi connectivity index (χ1v) is 6.79. The molecule has 0 atom stereocenters. The molecule has 0 saturated carbocycles. The van der Waals surface area contributed by atoms with Gasteiger partial charge >= 0.3 is 5.97 Å². The first-order valence-electron chi connectivity index (χ1n) is 6.79. The van der Waals surface area contributed by atoms with Gasteiger partial charge in [0.1, 0.15) is 12.4 Å². The molecule has 1 amide bonds. The predicted molar refractivity (Wildman–Crippen MR) is 78.7 cm³/mol. The number of ether oxygens (including phenoxy) is 1. The van der Waals surface area contributed by atoms with Crippen molar-refractivity contribution in [1.82, 2.24) is 4.90 Å². The van der Waals surface area contributed by atoms with Crippen LogP contribution in [0.4, 0.5) is 0 Å². The van der Waals surface area contributed by atoms with Crippen LogP contribution in [0.2, 0.25) is 0 Å². The minimum Gasteiger partial charge on any atom is -0.489 e. The number of hydrogen-bond acceptors (Lipinski definition) is 4. The molecule has 1 heterocycles. The van der Waals surface area contributed by atoms with Crippen LogP contribution in [0.25, 0.3) is 0 Å². The Kier molecular flexibility index (Phi) is 5.19. The van der Waals surface area contributed by atoms with Crippen LogP contribution >= 0.6 is 0 Å². The zero-order valence-corrected chi connectivity index (χ0v) is 12.2. The number of hydrogen-bond donors (Lipinski definition) is 1. The van der Waals surface area contributed by atoms with E-state index in [-0.39, 0.29) is 31.2 Å². The Morgan fingerprint density at radius 1 is 1.23 bits per heavy atom. The smallest absolute Gasteiger partial charge is 0.305 e. The van der Waals surface area contributed by atoms with Crippen molar-refractivity contribution in [2.45, 2.75) is 13.0 Å². The summed E-state index contributed by atoms with van der Waals surface area (Å²) in [5, 5.41) is 8.66. The molecule has 1 aromatic heterocycles. The number of carboxylic acids is 1. The van der Waals surface area contributed by atoms with Gasteiger partial charge in [-0.3, -0.25) is 9.59 Å². The Hall–Kier alpha value is -2.76. The Morgan fingerprint density at radius 2 is 1.95 bits per heavy atom. The van der Waals surface area contributed by atoms with Crippen LogP contribution in [0.15, 0.2) is 47.1 Å².